The number of carbonyl (C=O) groups is 1. The van der Waals surface area contributed by atoms with Crippen LogP contribution in [0.4, 0.5) is 0 Å². The lowest BCUT2D eigenvalue weighted by molar-refractivity contribution is 0.0909. The zero-order valence-corrected chi connectivity index (χ0v) is 16.5. The van der Waals surface area contributed by atoms with Gasteiger partial charge in [-0.1, -0.05) is 36.2 Å². The van der Waals surface area contributed by atoms with E-state index in [1.165, 1.54) is 12.0 Å². The smallest absolute Gasteiger partial charge is 0.231 e. The van der Waals surface area contributed by atoms with E-state index in [9.17, 15) is 4.79 Å². The lowest BCUT2D eigenvalue weighted by Crippen LogP contribution is -2.35. The highest BCUT2D eigenvalue weighted by atomic mass is 16.5. The van der Waals surface area contributed by atoms with Crippen molar-refractivity contribution in [3.63, 3.8) is 0 Å². The molecular formula is C22H26N4O2. The van der Waals surface area contributed by atoms with Gasteiger partial charge in [0.1, 0.15) is 11.4 Å². The zero-order valence-electron chi connectivity index (χ0n) is 16.5. The molecule has 0 radical (unpaired) electrons. The zero-order chi connectivity index (χ0) is 19.5. The molecule has 28 heavy (non-hydrogen) atoms. The number of aryl methyl sites for hydroxylation is 1. The Labute approximate surface area is 165 Å². The summed E-state index contributed by atoms with van der Waals surface area (Å²) in [6.45, 7) is 6.83. The lowest BCUT2D eigenvalue weighted by Gasteiger charge is -2.25. The van der Waals surface area contributed by atoms with Crippen LogP contribution in [0.25, 0.3) is 16.9 Å². The number of likely N-dealkylation sites (tertiary alicyclic amines) is 1. The Hall–Kier alpha value is -2.73. The summed E-state index contributed by atoms with van der Waals surface area (Å²) in [5.41, 5.74) is 3.97. The number of fused-ring (bicyclic) bond motifs is 1. The van der Waals surface area contributed by atoms with Crippen molar-refractivity contribution in [1.82, 2.24) is 19.5 Å². The second-order valence-corrected chi connectivity index (χ2v) is 7.31. The Bertz CT molecular complexity index is 972. The van der Waals surface area contributed by atoms with Gasteiger partial charge in [-0.2, -0.15) is 0 Å². The Balaban J connectivity index is 1.79. The first-order valence-electron chi connectivity index (χ1n) is 10.0. The van der Waals surface area contributed by atoms with Crippen LogP contribution in [0, 0.1) is 6.92 Å². The number of piperidine rings is 1. The number of hydrogen-bond donors (Lipinski definition) is 0. The fraction of sp³-hybridized carbons (Fsp3) is 0.409. The molecule has 1 aliphatic rings. The number of rotatable bonds is 6. The van der Waals surface area contributed by atoms with Gasteiger partial charge in [0, 0.05) is 11.6 Å². The van der Waals surface area contributed by atoms with E-state index in [1.807, 2.05) is 44.2 Å². The molecule has 2 aromatic heterocycles. The largest absolute Gasteiger partial charge is 0.477 e. The summed E-state index contributed by atoms with van der Waals surface area (Å²) in [7, 11) is 0. The number of imidazole rings is 1. The van der Waals surface area contributed by atoms with Crippen molar-refractivity contribution in [2.75, 3.05) is 26.2 Å². The molecule has 0 amide bonds. The molecule has 0 aliphatic carbocycles. The first-order valence-corrected chi connectivity index (χ1v) is 10.0. The molecule has 146 valence electrons. The maximum atomic E-state index is 13.3. The molecule has 0 bridgehead atoms. The van der Waals surface area contributed by atoms with Crippen molar-refractivity contribution in [2.45, 2.75) is 33.1 Å². The minimum atomic E-state index is 0.0473. The Morgan fingerprint density at radius 3 is 2.54 bits per heavy atom. The van der Waals surface area contributed by atoms with Crippen LogP contribution >= 0.6 is 0 Å². The molecule has 1 aromatic carbocycles. The summed E-state index contributed by atoms with van der Waals surface area (Å²) >= 11 is 0. The van der Waals surface area contributed by atoms with Gasteiger partial charge in [-0.3, -0.25) is 9.69 Å². The molecule has 6 nitrogen and oxygen atoms in total. The van der Waals surface area contributed by atoms with E-state index in [2.05, 4.69) is 10.00 Å². The number of nitrogens with zero attached hydrogens (tertiary/aromatic N) is 4. The average molecular weight is 378 g/mol. The van der Waals surface area contributed by atoms with Crippen LogP contribution in [0.5, 0.6) is 5.88 Å². The molecule has 0 N–H and O–H groups in total. The first-order chi connectivity index (χ1) is 13.7. The van der Waals surface area contributed by atoms with E-state index in [0.717, 1.165) is 31.5 Å². The van der Waals surface area contributed by atoms with Gasteiger partial charge < -0.3 is 4.74 Å². The van der Waals surface area contributed by atoms with Crippen LogP contribution in [-0.4, -0.2) is 51.5 Å². The summed E-state index contributed by atoms with van der Waals surface area (Å²) in [4.78, 5) is 20.3. The summed E-state index contributed by atoms with van der Waals surface area (Å²) in [6, 6.07) is 11.8. The maximum absolute atomic E-state index is 13.3. The third-order valence-corrected chi connectivity index (χ3v) is 5.15. The summed E-state index contributed by atoms with van der Waals surface area (Å²) in [5, 5.41) is 4.54. The van der Waals surface area contributed by atoms with Crippen molar-refractivity contribution in [2.24, 2.45) is 0 Å². The minimum Gasteiger partial charge on any atom is -0.477 e. The molecule has 0 saturated carbocycles. The van der Waals surface area contributed by atoms with Crippen LogP contribution in [-0.2, 0) is 0 Å². The lowest BCUT2D eigenvalue weighted by atomic mass is 10.1. The number of aromatic nitrogens is 3. The molecule has 4 rings (SSSR count). The SMILES string of the molecule is CCOc1ccc2nc(-c3ccc(C)cc3)c(C(=O)CN3CCCCC3)n2n1. The number of carbonyl (C=O) groups excluding carboxylic acids is 1. The third kappa shape index (κ3) is 3.78. The van der Waals surface area contributed by atoms with E-state index in [-0.39, 0.29) is 5.78 Å². The Morgan fingerprint density at radius 1 is 1.07 bits per heavy atom. The fourth-order valence-corrected chi connectivity index (χ4v) is 3.70. The predicted molar refractivity (Wildman–Crippen MR) is 109 cm³/mol. The van der Waals surface area contributed by atoms with Crippen molar-refractivity contribution in [3.05, 3.63) is 47.7 Å². The van der Waals surface area contributed by atoms with Crippen LogP contribution in [0.3, 0.4) is 0 Å². The quantitative estimate of drug-likeness (QED) is 0.611. The number of hydrogen-bond acceptors (Lipinski definition) is 5. The minimum absolute atomic E-state index is 0.0473. The summed E-state index contributed by atoms with van der Waals surface area (Å²) in [6.07, 6.45) is 3.55. The van der Waals surface area contributed by atoms with Gasteiger partial charge in [0.25, 0.3) is 0 Å². The van der Waals surface area contributed by atoms with Gasteiger partial charge >= 0.3 is 0 Å². The second kappa shape index (κ2) is 8.10. The first kappa shape index (κ1) is 18.6. The van der Waals surface area contributed by atoms with Gasteiger partial charge in [-0.15, -0.1) is 5.10 Å². The molecule has 1 aliphatic heterocycles. The number of Topliss-reactive ketones (excluding diaryl/α,β-unsaturated/α-hetero) is 1. The van der Waals surface area contributed by atoms with Gasteiger partial charge in [-0.05, 0) is 45.8 Å². The van der Waals surface area contributed by atoms with E-state index in [0.29, 0.717) is 36.1 Å². The summed E-state index contributed by atoms with van der Waals surface area (Å²) in [5.74, 6) is 0.543. The molecular weight excluding hydrogens is 352 g/mol. The number of ketones is 1. The highest BCUT2D eigenvalue weighted by molar-refractivity contribution is 6.02. The summed E-state index contributed by atoms with van der Waals surface area (Å²) < 4.78 is 7.19. The number of benzene rings is 1. The van der Waals surface area contributed by atoms with E-state index in [1.54, 1.807) is 10.6 Å². The predicted octanol–water partition coefficient (Wildman–Crippen LogP) is 3.77. The van der Waals surface area contributed by atoms with Crippen LogP contribution < -0.4 is 4.74 Å². The molecule has 0 spiro atoms. The van der Waals surface area contributed by atoms with Gasteiger partial charge in [0.15, 0.2) is 11.4 Å². The van der Waals surface area contributed by atoms with Crippen LogP contribution in [0.15, 0.2) is 36.4 Å². The molecule has 1 saturated heterocycles. The molecule has 0 atom stereocenters. The Morgan fingerprint density at radius 2 is 1.82 bits per heavy atom. The fourth-order valence-electron chi connectivity index (χ4n) is 3.70. The Kier molecular flexibility index (Phi) is 5.39. The third-order valence-electron chi connectivity index (χ3n) is 5.15. The highest BCUT2D eigenvalue weighted by Crippen LogP contribution is 2.26. The average Bonchev–Trinajstić information content (AvgIpc) is 3.08. The van der Waals surface area contributed by atoms with Crippen molar-refractivity contribution in [3.8, 4) is 17.1 Å². The highest BCUT2D eigenvalue weighted by Gasteiger charge is 2.24. The molecule has 1 fully saturated rings. The van der Waals surface area contributed by atoms with Crippen LogP contribution in [0.2, 0.25) is 0 Å². The van der Waals surface area contributed by atoms with Gasteiger partial charge in [-0.25, -0.2) is 9.50 Å². The van der Waals surface area contributed by atoms with Crippen LogP contribution in [0.1, 0.15) is 42.2 Å². The monoisotopic (exact) mass is 378 g/mol. The maximum Gasteiger partial charge on any atom is 0.231 e. The van der Waals surface area contributed by atoms with E-state index < -0.39 is 0 Å². The molecule has 6 heteroatoms. The second-order valence-electron chi connectivity index (χ2n) is 7.31. The van der Waals surface area contributed by atoms with Gasteiger partial charge in [0.05, 0.1) is 13.2 Å². The molecule has 3 aromatic rings. The van der Waals surface area contributed by atoms with Crippen molar-refractivity contribution < 1.29 is 9.53 Å². The number of ether oxygens (including phenoxy) is 1. The molecule has 3 heterocycles. The standard InChI is InChI=1S/C22H26N4O2/c1-3-28-20-12-11-19-23-21(17-9-7-16(2)8-10-17)22(26(19)24-20)18(27)15-25-13-5-4-6-14-25/h7-12H,3-6,13-15H2,1-2H3. The molecule has 0 unspecified atom stereocenters. The van der Waals surface area contributed by atoms with Crippen molar-refractivity contribution in [1.29, 1.82) is 0 Å². The van der Waals surface area contributed by atoms with Crippen molar-refractivity contribution >= 4 is 11.4 Å². The topological polar surface area (TPSA) is 59.7 Å². The normalized spacial score (nSPS) is 15.1. The van der Waals surface area contributed by atoms with E-state index in [4.69, 9.17) is 9.72 Å². The van der Waals surface area contributed by atoms with E-state index >= 15 is 0 Å². The van der Waals surface area contributed by atoms with Gasteiger partial charge in [0.2, 0.25) is 5.88 Å².